The Morgan fingerprint density at radius 3 is 2.89 bits per heavy atom. The van der Waals surface area contributed by atoms with Gasteiger partial charge in [-0.25, -0.2) is 0 Å². The van der Waals surface area contributed by atoms with Crippen LogP contribution in [0.1, 0.15) is 38.2 Å². The highest BCUT2D eigenvalue weighted by molar-refractivity contribution is 14.0. The normalized spacial score (nSPS) is 20.5. The van der Waals surface area contributed by atoms with Gasteiger partial charge in [-0.05, 0) is 50.3 Å². The smallest absolute Gasteiger partial charge is 0.191 e. The highest BCUT2D eigenvalue weighted by Gasteiger charge is 2.44. The van der Waals surface area contributed by atoms with E-state index < -0.39 is 0 Å². The van der Waals surface area contributed by atoms with Crippen LogP contribution in [-0.4, -0.2) is 52.0 Å². The van der Waals surface area contributed by atoms with Gasteiger partial charge >= 0.3 is 0 Å². The van der Waals surface area contributed by atoms with Gasteiger partial charge in [-0.3, -0.25) is 4.99 Å². The molecule has 158 valence electrons. The Bertz CT molecular complexity index is 619. The number of benzene rings is 1. The first-order valence-electron chi connectivity index (χ1n) is 10.2. The maximum atomic E-state index is 6.16. The lowest BCUT2D eigenvalue weighted by molar-refractivity contribution is 0.0888. The largest absolute Gasteiger partial charge is 0.381 e. The van der Waals surface area contributed by atoms with E-state index in [-0.39, 0.29) is 29.4 Å². The third-order valence-corrected chi connectivity index (χ3v) is 5.55. The topological polar surface area (TPSA) is 54.9 Å². The number of rotatable bonds is 10. The number of halogens is 2. The van der Waals surface area contributed by atoms with Gasteiger partial charge in [-0.2, -0.15) is 0 Å². The second-order valence-corrected chi connectivity index (χ2v) is 8.01. The summed E-state index contributed by atoms with van der Waals surface area (Å²) in [6, 6.07) is 8.21. The molecule has 5 nitrogen and oxygen atoms in total. The van der Waals surface area contributed by atoms with Gasteiger partial charge in [0, 0.05) is 42.7 Å². The number of nitrogens with one attached hydrogen (secondary N) is 2. The molecule has 1 heterocycles. The summed E-state index contributed by atoms with van der Waals surface area (Å²) in [4.78, 5) is 4.83. The molecule has 0 radical (unpaired) electrons. The van der Waals surface area contributed by atoms with Gasteiger partial charge in [0.2, 0.25) is 0 Å². The monoisotopic (exact) mass is 521 g/mol. The minimum atomic E-state index is 0. The van der Waals surface area contributed by atoms with Gasteiger partial charge < -0.3 is 20.1 Å². The van der Waals surface area contributed by atoms with Crippen LogP contribution in [0.15, 0.2) is 29.3 Å². The van der Waals surface area contributed by atoms with Crippen LogP contribution in [0.3, 0.4) is 0 Å². The van der Waals surface area contributed by atoms with Crippen LogP contribution in [-0.2, 0) is 14.9 Å². The molecule has 1 aromatic carbocycles. The Balaban J connectivity index is 0.00000280. The van der Waals surface area contributed by atoms with E-state index in [9.17, 15) is 0 Å². The first-order chi connectivity index (χ1) is 13.2. The van der Waals surface area contributed by atoms with Crippen molar-refractivity contribution in [1.82, 2.24) is 10.6 Å². The molecule has 0 amide bonds. The van der Waals surface area contributed by atoms with E-state index >= 15 is 0 Å². The Morgan fingerprint density at radius 2 is 2.21 bits per heavy atom. The molecule has 1 aliphatic heterocycles. The van der Waals surface area contributed by atoms with Gasteiger partial charge in [0.05, 0.1) is 19.8 Å². The van der Waals surface area contributed by atoms with Crippen molar-refractivity contribution in [2.75, 3.05) is 46.1 Å². The summed E-state index contributed by atoms with van der Waals surface area (Å²) in [6.45, 7) is 7.92. The van der Waals surface area contributed by atoms with E-state index in [2.05, 4.69) is 29.7 Å². The molecule has 7 heteroatoms. The second kappa shape index (κ2) is 12.2. The lowest BCUT2D eigenvalue weighted by atomic mass is 9.96. The SMILES string of the molecule is CCNC(=NCC1(c2cccc(Cl)c2)CC1)NCCCOCC1CCOC1.I. The lowest BCUT2D eigenvalue weighted by Gasteiger charge is -2.16. The van der Waals surface area contributed by atoms with Crippen molar-refractivity contribution in [2.45, 2.75) is 38.0 Å². The van der Waals surface area contributed by atoms with E-state index in [4.69, 9.17) is 26.1 Å². The molecule has 1 atom stereocenters. The fourth-order valence-electron chi connectivity index (χ4n) is 3.43. The Hall–Kier alpha value is -0.570. The van der Waals surface area contributed by atoms with Crippen LogP contribution in [0.4, 0.5) is 0 Å². The van der Waals surface area contributed by atoms with Crippen molar-refractivity contribution < 1.29 is 9.47 Å². The number of hydrogen-bond donors (Lipinski definition) is 2. The van der Waals surface area contributed by atoms with Crippen molar-refractivity contribution in [2.24, 2.45) is 10.9 Å². The van der Waals surface area contributed by atoms with Gasteiger partial charge in [0.15, 0.2) is 5.96 Å². The van der Waals surface area contributed by atoms with Crippen LogP contribution in [0.2, 0.25) is 5.02 Å². The lowest BCUT2D eigenvalue weighted by Crippen LogP contribution is -2.38. The van der Waals surface area contributed by atoms with Crippen LogP contribution >= 0.6 is 35.6 Å². The maximum absolute atomic E-state index is 6.16. The molecule has 1 saturated heterocycles. The Kier molecular flexibility index (Phi) is 10.3. The van der Waals surface area contributed by atoms with E-state index in [1.165, 1.54) is 18.4 Å². The van der Waals surface area contributed by atoms with Crippen LogP contribution < -0.4 is 10.6 Å². The van der Waals surface area contributed by atoms with E-state index in [1.807, 2.05) is 12.1 Å². The quantitative estimate of drug-likeness (QED) is 0.212. The van der Waals surface area contributed by atoms with Crippen molar-refractivity contribution >= 4 is 41.5 Å². The Labute approximate surface area is 191 Å². The Morgan fingerprint density at radius 1 is 1.36 bits per heavy atom. The number of nitrogens with zero attached hydrogens (tertiary/aromatic N) is 1. The zero-order chi connectivity index (χ0) is 19.0. The van der Waals surface area contributed by atoms with Crippen LogP contribution in [0.5, 0.6) is 0 Å². The maximum Gasteiger partial charge on any atom is 0.191 e. The van der Waals surface area contributed by atoms with Gasteiger partial charge in [-0.1, -0.05) is 23.7 Å². The second-order valence-electron chi connectivity index (χ2n) is 7.57. The molecule has 3 rings (SSSR count). The third kappa shape index (κ3) is 7.35. The first-order valence-corrected chi connectivity index (χ1v) is 10.5. The molecule has 1 unspecified atom stereocenters. The molecule has 2 fully saturated rings. The van der Waals surface area contributed by atoms with Crippen molar-refractivity contribution in [3.8, 4) is 0 Å². The predicted octanol–water partition coefficient (Wildman–Crippen LogP) is 3.99. The molecule has 1 saturated carbocycles. The van der Waals surface area contributed by atoms with Crippen LogP contribution in [0, 0.1) is 5.92 Å². The van der Waals surface area contributed by atoms with Crippen LogP contribution in [0.25, 0.3) is 0 Å². The van der Waals surface area contributed by atoms with Crippen molar-refractivity contribution in [1.29, 1.82) is 0 Å². The van der Waals surface area contributed by atoms with E-state index in [0.29, 0.717) is 5.92 Å². The standard InChI is InChI=1S/C21H32ClN3O2.HI/c1-2-23-20(24-10-4-11-26-14-17-7-12-27-15-17)25-16-21(8-9-21)18-5-3-6-19(22)13-18;/h3,5-6,13,17H,2,4,7-12,14-16H2,1H3,(H2,23,24,25);1H. The summed E-state index contributed by atoms with van der Waals surface area (Å²) in [6.07, 6.45) is 4.45. The summed E-state index contributed by atoms with van der Waals surface area (Å²) in [5.41, 5.74) is 1.47. The summed E-state index contributed by atoms with van der Waals surface area (Å²) in [5.74, 6) is 1.47. The summed E-state index contributed by atoms with van der Waals surface area (Å²) in [5, 5.41) is 7.56. The molecule has 1 aromatic rings. The average molecular weight is 522 g/mol. The summed E-state index contributed by atoms with van der Waals surface area (Å²) >= 11 is 6.16. The number of ether oxygens (including phenoxy) is 2. The molecule has 2 aliphatic rings. The molecule has 0 aromatic heterocycles. The molecule has 0 bridgehead atoms. The first kappa shape index (κ1) is 23.7. The number of aliphatic imine (C=N–C) groups is 1. The zero-order valence-corrected chi connectivity index (χ0v) is 19.8. The highest BCUT2D eigenvalue weighted by Crippen LogP contribution is 2.48. The molecule has 2 N–H and O–H groups in total. The summed E-state index contributed by atoms with van der Waals surface area (Å²) in [7, 11) is 0. The molecule has 28 heavy (non-hydrogen) atoms. The fraction of sp³-hybridized carbons (Fsp3) is 0.667. The zero-order valence-electron chi connectivity index (χ0n) is 16.7. The molecular formula is C21H33ClIN3O2. The number of guanidine groups is 1. The van der Waals surface area contributed by atoms with Gasteiger partial charge in [0.25, 0.3) is 0 Å². The van der Waals surface area contributed by atoms with Gasteiger partial charge in [0.1, 0.15) is 0 Å². The van der Waals surface area contributed by atoms with Crippen molar-refractivity contribution in [3.05, 3.63) is 34.9 Å². The minimum absolute atomic E-state index is 0. The average Bonchev–Trinajstić information content (AvgIpc) is 3.29. The highest BCUT2D eigenvalue weighted by atomic mass is 127. The van der Waals surface area contributed by atoms with E-state index in [1.54, 1.807) is 0 Å². The molecule has 0 spiro atoms. The fourth-order valence-corrected chi connectivity index (χ4v) is 3.62. The molecular weight excluding hydrogens is 489 g/mol. The predicted molar refractivity (Wildman–Crippen MR) is 126 cm³/mol. The van der Waals surface area contributed by atoms with E-state index in [0.717, 1.165) is 69.9 Å². The summed E-state index contributed by atoms with van der Waals surface area (Å²) < 4.78 is 11.1. The molecule has 1 aliphatic carbocycles. The van der Waals surface area contributed by atoms with Gasteiger partial charge in [-0.15, -0.1) is 24.0 Å². The minimum Gasteiger partial charge on any atom is -0.381 e. The third-order valence-electron chi connectivity index (χ3n) is 5.31. The number of hydrogen-bond acceptors (Lipinski definition) is 3. The van der Waals surface area contributed by atoms with Crippen molar-refractivity contribution in [3.63, 3.8) is 0 Å².